The molecule has 1 fully saturated rings. The summed E-state index contributed by atoms with van der Waals surface area (Å²) in [6.07, 6.45) is 2.45. The van der Waals surface area contributed by atoms with E-state index in [1.165, 1.54) is 12.8 Å². The third kappa shape index (κ3) is 1.62. The number of hydrogen-bond acceptors (Lipinski definition) is 4. The minimum absolute atomic E-state index is 0.266. The number of nitrogens with zero attached hydrogens (tertiary/aromatic N) is 2. The summed E-state index contributed by atoms with van der Waals surface area (Å²) in [5.41, 5.74) is 1.36. The van der Waals surface area contributed by atoms with E-state index in [2.05, 4.69) is 29.5 Å². The number of aromatic nitrogens is 1. The molecule has 1 N–H and O–H groups in total. The molecule has 2 rings (SSSR count). The van der Waals surface area contributed by atoms with E-state index in [0.717, 1.165) is 18.1 Å². The first-order valence-corrected chi connectivity index (χ1v) is 4.96. The van der Waals surface area contributed by atoms with Crippen molar-refractivity contribution in [1.29, 1.82) is 0 Å². The first-order valence-electron chi connectivity index (χ1n) is 4.96. The monoisotopic (exact) mass is 195 g/mol. The summed E-state index contributed by atoms with van der Waals surface area (Å²) in [7, 11) is 6.04. The van der Waals surface area contributed by atoms with Gasteiger partial charge in [0.2, 0.25) is 5.88 Å². The average molecular weight is 195 g/mol. The Labute approximate surface area is 84.3 Å². The van der Waals surface area contributed by atoms with Gasteiger partial charge in [-0.25, -0.2) is 0 Å². The molecule has 1 aliphatic carbocycles. The molecule has 0 bridgehead atoms. The highest BCUT2D eigenvalue weighted by atomic mass is 16.5. The van der Waals surface area contributed by atoms with Gasteiger partial charge in [0.1, 0.15) is 0 Å². The predicted octanol–water partition coefficient (Wildman–Crippen LogP) is 1.31. The fourth-order valence-electron chi connectivity index (χ4n) is 1.89. The number of anilines is 1. The number of nitrogens with one attached hydrogen (secondary N) is 1. The standard InChI is InChI=1S/C10H17N3O/c1-11-9-6-8(12-14-9)10(4-5-10)7-13(2)3/h6,11H,4-5,7H2,1-3H3. The molecule has 0 aromatic carbocycles. The van der Waals surface area contributed by atoms with Crippen molar-refractivity contribution in [1.82, 2.24) is 10.1 Å². The van der Waals surface area contributed by atoms with Crippen molar-refractivity contribution in [2.45, 2.75) is 18.3 Å². The van der Waals surface area contributed by atoms with Crippen molar-refractivity contribution >= 4 is 5.88 Å². The Hall–Kier alpha value is -1.03. The Morgan fingerprint density at radius 3 is 2.71 bits per heavy atom. The van der Waals surface area contributed by atoms with Crippen LogP contribution in [0.4, 0.5) is 5.88 Å². The molecular weight excluding hydrogens is 178 g/mol. The topological polar surface area (TPSA) is 41.3 Å². The minimum atomic E-state index is 0.266. The molecule has 4 nitrogen and oxygen atoms in total. The molecular formula is C10H17N3O. The predicted molar refractivity (Wildman–Crippen MR) is 55.5 cm³/mol. The Kier molecular flexibility index (Phi) is 2.23. The second-order valence-corrected chi connectivity index (χ2v) is 4.34. The molecule has 4 heteroatoms. The van der Waals surface area contributed by atoms with Gasteiger partial charge < -0.3 is 14.7 Å². The van der Waals surface area contributed by atoms with Crippen molar-refractivity contribution in [3.05, 3.63) is 11.8 Å². The molecule has 0 atom stereocenters. The number of hydrogen-bond donors (Lipinski definition) is 1. The van der Waals surface area contributed by atoms with Crippen LogP contribution in [-0.4, -0.2) is 37.7 Å². The molecule has 0 amide bonds. The summed E-state index contributed by atoms with van der Waals surface area (Å²) in [6.45, 7) is 1.06. The molecule has 0 saturated heterocycles. The van der Waals surface area contributed by atoms with E-state index in [1.807, 2.05) is 13.1 Å². The first kappa shape index (κ1) is 9.52. The lowest BCUT2D eigenvalue weighted by Gasteiger charge is -2.17. The van der Waals surface area contributed by atoms with E-state index in [-0.39, 0.29) is 5.41 Å². The molecule has 0 spiro atoms. The smallest absolute Gasteiger partial charge is 0.224 e. The van der Waals surface area contributed by atoms with Crippen LogP contribution in [0.2, 0.25) is 0 Å². The van der Waals surface area contributed by atoms with Crippen molar-refractivity contribution < 1.29 is 4.52 Å². The third-order valence-corrected chi connectivity index (χ3v) is 2.77. The van der Waals surface area contributed by atoms with Gasteiger partial charge in [-0.2, -0.15) is 0 Å². The van der Waals surface area contributed by atoms with Gasteiger partial charge in [0.15, 0.2) is 0 Å². The maximum absolute atomic E-state index is 5.14. The lowest BCUT2D eigenvalue weighted by atomic mass is 10.0. The maximum atomic E-state index is 5.14. The van der Waals surface area contributed by atoms with Crippen LogP contribution < -0.4 is 5.32 Å². The number of rotatable bonds is 4. The highest BCUT2D eigenvalue weighted by Gasteiger charge is 2.47. The Bertz CT molecular complexity index is 315. The van der Waals surface area contributed by atoms with E-state index in [1.54, 1.807) is 0 Å². The molecule has 0 aliphatic heterocycles. The normalized spacial score (nSPS) is 18.6. The summed E-state index contributed by atoms with van der Waals surface area (Å²) in [4.78, 5) is 2.21. The molecule has 1 aromatic heterocycles. The lowest BCUT2D eigenvalue weighted by molar-refractivity contribution is 0.344. The van der Waals surface area contributed by atoms with E-state index in [4.69, 9.17) is 4.52 Å². The van der Waals surface area contributed by atoms with Crippen LogP contribution in [0.15, 0.2) is 10.6 Å². The van der Waals surface area contributed by atoms with Gasteiger partial charge in [-0.3, -0.25) is 0 Å². The van der Waals surface area contributed by atoms with Gasteiger partial charge in [0.05, 0.1) is 5.69 Å². The molecule has 1 heterocycles. The summed E-state index contributed by atoms with van der Waals surface area (Å²) in [6, 6.07) is 2.01. The van der Waals surface area contributed by atoms with Crippen LogP contribution in [0.1, 0.15) is 18.5 Å². The average Bonchev–Trinajstić information content (AvgIpc) is 2.76. The second-order valence-electron chi connectivity index (χ2n) is 4.34. The fourth-order valence-corrected chi connectivity index (χ4v) is 1.89. The fraction of sp³-hybridized carbons (Fsp3) is 0.700. The number of likely N-dealkylation sites (N-methyl/N-ethyl adjacent to an activating group) is 1. The van der Waals surface area contributed by atoms with Crippen LogP contribution in [-0.2, 0) is 5.41 Å². The Morgan fingerprint density at radius 2 is 2.29 bits per heavy atom. The third-order valence-electron chi connectivity index (χ3n) is 2.77. The van der Waals surface area contributed by atoms with Gasteiger partial charge in [-0.05, 0) is 26.9 Å². The van der Waals surface area contributed by atoms with Crippen LogP contribution in [0, 0.1) is 0 Å². The zero-order valence-electron chi connectivity index (χ0n) is 9.00. The van der Waals surface area contributed by atoms with Gasteiger partial charge in [0.25, 0.3) is 0 Å². The van der Waals surface area contributed by atoms with Crippen molar-refractivity contribution in [2.75, 3.05) is 33.0 Å². The van der Waals surface area contributed by atoms with Crippen molar-refractivity contribution in [3.8, 4) is 0 Å². The molecule has 1 saturated carbocycles. The van der Waals surface area contributed by atoms with E-state index < -0.39 is 0 Å². The quantitative estimate of drug-likeness (QED) is 0.786. The van der Waals surface area contributed by atoms with E-state index in [9.17, 15) is 0 Å². The van der Waals surface area contributed by atoms with Crippen LogP contribution in [0.3, 0.4) is 0 Å². The Morgan fingerprint density at radius 1 is 1.57 bits per heavy atom. The zero-order valence-corrected chi connectivity index (χ0v) is 9.00. The SMILES string of the molecule is CNc1cc(C2(CN(C)C)CC2)no1. The summed E-state index contributed by atoms with van der Waals surface area (Å²) in [5, 5.41) is 7.07. The Balaban J connectivity index is 2.13. The van der Waals surface area contributed by atoms with Gasteiger partial charge in [-0.1, -0.05) is 5.16 Å². The highest BCUT2D eigenvalue weighted by molar-refractivity contribution is 5.36. The lowest BCUT2D eigenvalue weighted by Crippen LogP contribution is -2.26. The molecule has 78 valence electrons. The van der Waals surface area contributed by atoms with Crippen LogP contribution in [0.5, 0.6) is 0 Å². The van der Waals surface area contributed by atoms with Crippen LogP contribution in [0.25, 0.3) is 0 Å². The zero-order chi connectivity index (χ0) is 10.2. The summed E-state index contributed by atoms with van der Waals surface area (Å²) >= 11 is 0. The summed E-state index contributed by atoms with van der Waals surface area (Å²) in [5.74, 6) is 0.755. The van der Waals surface area contributed by atoms with E-state index in [0.29, 0.717) is 0 Å². The molecule has 1 aromatic rings. The molecule has 1 aliphatic rings. The van der Waals surface area contributed by atoms with Gasteiger partial charge in [-0.15, -0.1) is 0 Å². The van der Waals surface area contributed by atoms with Crippen molar-refractivity contribution in [3.63, 3.8) is 0 Å². The molecule has 0 radical (unpaired) electrons. The van der Waals surface area contributed by atoms with Gasteiger partial charge >= 0.3 is 0 Å². The summed E-state index contributed by atoms with van der Waals surface area (Å²) < 4.78 is 5.14. The largest absolute Gasteiger partial charge is 0.357 e. The van der Waals surface area contributed by atoms with Crippen molar-refractivity contribution in [2.24, 2.45) is 0 Å². The highest BCUT2D eigenvalue weighted by Crippen LogP contribution is 2.48. The minimum Gasteiger partial charge on any atom is -0.357 e. The second kappa shape index (κ2) is 3.28. The van der Waals surface area contributed by atoms with Crippen LogP contribution >= 0.6 is 0 Å². The molecule has 14 heavy (non-hydrogen) atoms. The van der Waals surface area contributed by atoms with Gasteiger partial charge in [0, 0.05) is 25.1 Å². The van der Waals surface area contributed by atoms with E-state index >= 15 is 0 Å². The maximum Gasteiger partial charge on any atom is 0.224 e. The first-order chi connectivity index (χ1) is 6.66. The molecule has 0 unspecified atom stereocenters.